The van der Waals surface area contributed by atoms with E-state index in [2.05, 4.69) is 15.6 Å². The van der Waals surface area contributed by atoms with Crippen molar-refractivity contribution in [3.05, 3.63) is 76.2 Å². The summed E-state index contributed by atoms with van der Waals surface area (Å²) < 4.78 is 1.47. The van der Waals surface area contributed by atoms with Gasteiger partial charge in [0.05, 0.1) is 11.9 Å². The van der Waals surface area contributed by atoms with E-state index in [0.29, 0.717) is 17.9 Å². The summed E-state index contributed by atoms with van der Waals surface area (Å²) in [5, 5.41) is 6.12. The van der Waals surface area contributed by atoms with E-state index < -0.39 is 0 Å². The molecular weight excluding hydrogens is 390 g/mol. The molecule has 160 valence electrons. The molecule has 3 aromatic rings. The van der Waals surface area contributed by atoms with Crippen LogP contribution in [0.4, 0.5) is 11.5 Å². The summed E-state index contributed by atoms with van der Waals surface area (Å²) in [6.45, 7) is 2.32. The van der Waals surface area contributed by atoms with Crippen molar-refractivity contribution in [1.29, 1.82) is 0 Å². The highest BCUT2D eigenvalue weighted by Crippen LogP contribution is 2.23. The second-order valence-corrected chi connectivity index (χ2v) is 8.04. The first-order chi connectivity index (χ1) is 15.0. The van der Waals surface area contributed by atoms with Crippen molar-refractivity contribution in [3.8, 4) is 11.3 Å². The van der Waals surface area contributed by atoms with Crippen LogP contribution < -0.4 is 21.9 Å². The average Bonchev–Trinajstić information content (AvgIpc) is 2.72. The third kappa shape index (κ3) is 4.94. The number of rotatable bonds is 7. The fraction of sp³-hybridized carbons (Fsp3) is 0.292. The molecule has 1 aliphatic rings. The van der Waals surface area contributed by atoms with E-state index in [9.17, 15) is 9.59 Å². The molecule has 0 spiro atoms. The number of aromatic nitrogens is 2. The number of nitrogen functional groups attached to an aromatic ring is 1. The molecule has 4 rings (SSSR count). The second kappa shape index (κ2) is 9.04. The minimum Gasteiger partial charge on any atom is -0.399 e. The van der Waals surface area contributed by atoms with Gasteiger partial charge in [0, 0.05) is 23.8 Å². The summed E-state index contributed by atoms with van der Waals surface area (Å²) in [6, 6.07) is 15.5. The zero-order chi connectivity index (χ0) is 21.8. The van der Waals surface area contributed by atoms with Gasteiger partial charge in [0.15, 0.2) is 5.82 Å². The number of hydrogen-bond acceptors (Lipinski definition) is 5. The van der Waals surface area contributed by atoms with Gasteiger partial charge in [0.1, 0.15) is 6.54 Å². The van der Waals surface area contributed by atoms with Crippen LogP contribution in [-0.2, 0) is 17.9 Å². The quantitative estimate of drug-likeness (QED) is 0.513. The molecule has 2 aromatic carbocycles. The topological polar surface area (TPSA) is 102 Å². The lowest BCUT2D eigenvalue weighted by Crippen LogP contribution is -2.36. The van der Waals surface area contributed by atoms with Crippen molar-refractivity contribution in [2.24, 2.45) is 0 Å². The predicted molar refractivity (Wildman–Crippen MR) is 123 cm³/mol. The van der Waals surface area contributed by atoms with E-state index in [0.717, 1.165) is 36.0 Å². The van der Waals surface area contributed by atoms with Gasteiger partial charge in [-0.15, -0.1) is 0 Å². The monoisotopic (exact) mass is 417 g/mol. The molecular formula is C24H27N5O2. The molecule has 0 unspecified atom stereocenters. The molecule has 0 radical (unpaired) electrons. The Bertz CT molecular complexity index is 1130. The number of benzene rings is 2. The van der Waals surface area contributed by atoms with Gasteiger partial charge < -0.3 is 16.4 Å². The molecule has 7 nitrogen and oxygen atoms in total. The lowest BCUT2D eigenvalue weighted by molar-refractivity contribution is -0.121. The van der Waals surface area contributed by atoms with Crippen LogP contribution in [0.1, 0.15) is 30.4 Å². The summed E-state index contributed by atoms with van der Waals surface area (Å²) in [7, 11) is 0. The number of hydrogen-bond donors (Lipinski definition) is 3. The highest BCUT2D eigenvalue weighted by atomic mass is 16.2. The van der Waals surface area contributed by atoms with E-state index in [-0.39, 0.29) is 29.9 Å². The average molecular weight is 418 g/mol. The molecule has 0 aliphatic heterocycles. The number of anilines is 2. The summed E-state index contributed by atoms with van der Waals surface area (Å²) in [4.78, 5) is 30.3. The Morgan fingerprint density at radius 1 is 1.19 bits per heavy atom. The normalized spacial score (nSPS) is 13.5. The fourth-order valence-electron chi connectivity index (χ4n) is 3.52. The number of amides is 1. The Morgan fingerprint density at radius 2 is 1.97 bits per heavy atom. The number of carbonyl (C=O) groups excluding carboxylic acids is 1. The first-order valence-electron chi connectivity index (χ1n) is 10.5. The molecule has 1 amide bonds. The van der Waals surface area contributed by atoms with Gasteiger partial charge >= 0.3 is 0 Å². The van der Waals surface area contributed by atoms with Gasteiger partial charge in [-0.1, -0.05) is 42.0 Å². The van der Waals surface area contributed by atoms with Gasteiger partial charge in [0.2, 0.25) is 5.91 Å². The number of nitrogens with two attached hydrogens (primary N) is 1. The Hall–Kier alpha value is -3.61. The fourth-order valence-corrected chi connectivity index (χ4v) is 3.52. The van der Waals surface area contributed by atoms with Gasteiger partial charge in [-0.25, -0.2) is 4.98 Å². The van der Waals surface area contributed by atoms with Crippen molar-refractivity contribution in [3.63, 3.8) is 0 Å². The van der Waals surface area contributed by atoms with E-state index >= 15 is 0 Å². The molecule has 1 fully saturated rings. The SMILES string of the molecule is Cc1ccc(CNC(=O)Cn2c(-c3cccc(N)c3)cnc(NC3CCC3)c2=O)cc1. The van der Waals surface area contributed by atoms with E-state index in [1.54, 1.807) is 18.3 Å². The summed E-state index contributed by atoms with van der Waals surface area (Å²) in [5.74, 6) is 0.0392. The highest BCUT2D eigenvalue weighted by molar-refractivity contribution is 5.77. The Morgan fingerprint density at radius 3 is 2.65 bits per heavy atom. The Kier molecular flexibility index (Phi) is 6.02. The highest BCUT2D eigenvalue weighted by Gasteiger charge is 2.21. The smallest absolute Gasteiger partial charge is 0.294 e. The van der Waals surface area contributed by atoms with Crippen molar-refractivity contribution < 1.29 is 4.79 Å². The zero-order valence-electron chi connectivity index (χ0n) is 17.6. The molecule has 0 atom stereocenters. The largest absolute Gasteiger partial charge is 0.399 e. The molecule has 1 saturated carbocycles. The molecule has 4 N–H and O–H groups in total. The van der Waals surface area contributed by atoms with E-state index in [4.69, 9.17) is 5.73 Å². The Balaban J connectivity index is 1.59. The van der Waals surface area contributed by atoms with Gasteiger partial charge in [-0.05, 0) is 43.9 Å². The number of nitrogens with one attached hydrogen (secondary N) is 2. The minimum atomic E-state index is -0.308. The molecule has 1 aromatic heterocycles. The van der Waals surface area contributed by atoms with Crippen LogP contribution in [0, 0.1) is 6.92 Å². The van der Waals surface area contributed by atoms with Gasteiger partial charge in [0.25, 0.3) is 5.56 Å². The van der Waals surface area contributed by atoms with Crippen LogP contribution in [-0.4, -0.2) is 21.5 Å². The lowest BCUT2D eigenvalue weighted by atomic mass is 9.93. The number of nitrogens with zero attached hydrogens (tertiary/aromatic N) is 2. The molecule has 0 bridgehead atoms. The molecule has 31 heavy (non-hydrogen) atoms. The van der Waals surface area contributed by atoms with Gasteiger partial charge in [-0.2, -0.15) is 0 Å². The number of aryl methyl sites for hydroxylation is 1. The summed E-state index contributed by atoms with van der Waals surface area (Å²) in [5.41, 5.74) is 9.67. The van der Waals surface area contributed by atoms with Crippen molar-refractivity contribution in [2.45, 2.75) is 45.3 Å². The third-order valence-corrected chi connectivity index (χ3v) is 5.59. The van der Waals surface area contributed by atoms with Crippen LogP contribution in [0.5, 0.6) is 0 Å². The molecule has 0 saturated heterocycles. The van der Waals surface area contributed by atoms with Crippen LogP contribution in [0.3, 0.4) is 0 Å². The first kappa shape index (κ1) is 20.7. The molecule has 1 heterocycles. The van der Waals surface area contributed by atoms with Crippen LogP contribution in [0.2, 0.25) is 0 Å². The minimum absolute atomic E-state index is 0.101. The van der Waals surface area contributed by atoms with Crippen molar-refractivity contribution in [2.75, 3.05) is 11.1 Å². The standard InChI is InChI=1S/C24H27N5O2/c1-16-8-10-17(11-9-16)13-26-22(30)15-29-21(18-4-2-5-19(25)12-18)14-27-23(24(29)31)28-20-6-3-7-20/h2,4-5,8-12,14,20H,3,6-7,13,15,25H2,1H3,(H,26,30)(H,27,28). The van der Waals surface area contributed by atoms with E-state index in [1.165, 1.54) is 4.57 Å². The zero-order valence-corrected chi connectivity index (χ0v) is 17.6. The molecule has 1 aliphatic carbocycles. The van der Waals surface area contributed by atoms with Crippen molar-refractivity contribution >= 4 is 17.4 Å². The summed E-state index contributed by atoms with van der Waals surface area (Å²) in [6.07, 6.45) is 4.82. The maximum Gasteiger partial charge on any atom is 0.294 e. The number of carbonyl (C=O) groups is 1. The van der Waals surface area contributed by atoms with Gasteiger partial charge in [-0.3, -0.25) is 14.2 Å². The first-order valence-corrected chi connectivity index (χ1v) is 10.5. The van der Waals surface area contributed by atoms with Crippen molar-refractivity contribution in [1.82, 2.24) is 14.9 Å². The third-order valence-electron chi connectivity index (χ3n) is 5.59. The van der Waals surface area contributed by atoms with Crippen LogP contribution in [0.15, 0.2) is 59.5 Å². The lowest BCUT2D eigenvalue weighted by Gasteiger charge is -2.27. The molecule has 7 heteroatoms. The maximum atomic E-state index is 13.2. The summed E-state index contributed by atoms with van der Waals surface area (Å²) >= 11 is 0. The maximum absolute atomic E-state index is 13.2. The second-order valence-electron chi connectivity index (χ2n) is 8.04. The Labute approximate surface area is 181 Å². The van der Waals surface area contributed by atoms with Crippen LogP contribution in [0.25, 0.3) is 11.3 Å². The predicted octanol–water partition coefficient (Wildman–Crippen LogP) is 3.08. The van der Waals surface area contributed by atoms with E-state index in [1.807, 2.05) is 43.3 Å². The van der Waals surface area contributed by atoms with Crippen LogP contribution >= 0.6 is 0 Å².